The molecule has 1 N–H and O–H groups in total. The van der Waals surface area contributed by atoms with Gasteiger partial charge in [0.15, 0.2) is 5.76 Å². The first-order valence-corrected chi connectivity index (χ1v) is 7.21. The second-order valence-electron chi connectivity index (χ2n) is 4.39. The number of thiol groups is 1. The van der Waals surface area contributed by atoms with Crippen LogP contribution in [0.4, 0.5) is 0 Å². The summed E-state index contributed by atoms with van der Waals surface area (Å²) in [7, 11) is 0. The molecule has 2 rings (SSSR count). The molecule has 5 nitrogen and oxygen atoms in total. The van der Waals surface area contributed by atoms with Crippen LogP contribution < -0.4 is 5.32 Å². The van der Waals surface area contributed by atoms with E-state index in [2.05, 4.69) is 23.0 Å². The van der Waals surface area contributed by atoms with Gasteiger partial charge in [-0.05, 0) is 26.0 Å². The summed E-state index contributed by atoms with van der Waals surface area (Å²) in [4.78, 5) is 11.7. The SMILES string of the molecule is Cc1nn(Cc2ccc(C(=O)NCCS)o2)c(C)c1Cl. The number of rotatable bonds is 5. The zero-order valence-electron chi connectivity index (χ0n) is 11.3. The fraction of sp³-hybridized carbons (Fsp3) is 0.385. The Morgan fingerprint density at radius 3 is 2.85 bits per heavy atom. The lowest BCUT2D eigenvalue weighted by Crippen LogP contribution is -2.24. The Balaban J connectivity index is 2.09. The van der Waals surface area contributed by atoms with E-state index in [1.165, 1.54) is 0 Å². The van der Waals surface area contributed by atoms with Gasteiger partial charge in [0.25, 0.3) is 5.91 Å². The first-order valence-electron chi connectivity index (χ1n) is 6.20. The van der Waals surface area contributed by atoms with E-state index in [1.807, 2.05) is 13.8 Å². The number of nitrogens with zero attached hydrogens (tertiary/aromatic N) is 2. The van der Waals surface area contributed by atoms with Crippen molar-refractivity contribution in [2.45, 2.75) is 20.4 Å². The van der Waals surface area contributed by atoms with Crippen LogP contribution in [0.3, 0.4) is 0 Å². The molecule has 0 saturated heterocycles. The van der Waals surface area contributed by atoms with Gasteiger partial charge in [0, 0.05) is 12.3 Å². The molecule has 0 aliphatic heterocycles. The topological polar surface area (TPSA) is 60.1 Å². The highest BCUT2D eigenvalue weighted by Crippen LogP contribution is 2.20. The van der Waals surface area contributed by atoms with E-state index in [1.54, 1.807) is 16.8 Å². The minimum absolute atomic E-state index is 0.239. The lowest BCUT2D eigenvalue weighted by molar-refractivity contribution is 0.0926. The molecule has 108 valence electrons. The Bertz CT molecular complexity index is 621. The van der Waals surface area contributed by atoms with Crippen molar-refractivity contribution in [3.8, 4) is 0 Å². The predicted molar refractivity (Wildman–Crippen MR) is 80.7 cm³/mol. The van der Waals surface area contributed by atoms with Crippen LogP contribution in [0, 0.1) is 13.8 Å². The zero-order chi connectivity index (χ0) is 14.7. The van der Waals surface area contributed by atoms with Crippen LogP contribution in [0.25, 0.3) is 0 Å². The number of amides is 1. The molecular weight excluding hydrogens is 298 g/mol. The second-order valence-corrected chi connectivity index (χ2v) is 5.21. The average Bonchev–Trinajstić information content (AvgIpc) is 2.98. The van der Waals surface area contributed by atoms with Crippen molar-refractivity contribution in [3.63, 3.8) is 0 Å². The van der Waals surface area contributed by atoms with Gasteiger partial charge in [-0.2, -0.15) is 17.7 Å². The van der Waals surface area contributed by atoms with Crippen LogP contribution in [0.15, 0.2) is 16.5 Å². The smallest absolute Gasteiger partial charge is 0.287 e. The molecule has 0 aromatic carbocycles. The molecule has 0 aliphatic rings. The molecule has 0 radical (unpaired) electrons. The molecule has 0 saturated carbocycles. The second kappa shape index (κ2) is 6.37. The van der Waals surface area contributed by atoms with E-state index >= 15 is 0 Å². The largest absolute Gasteiger partial charge is 0.454 e. The van der Waals surface area contributed by atoms with Crippen molar-refractivity contribution < 1.29 is 9.21 Å². The van der Waals surface area contributed by atoms with Gasteiger partial charge >= 0.3 is 0 Å². The van der Waals surface area contributed by atoms with Gasteiger partial charge in [-0.1, -0.05) is 11.6 Å². The number of halogens is 1. The highest BCUT2D eigenvalue weighted by atomic mass is 35.5. The lowest BCUT2D eigenvalue weighted by atomic mass is 10.4. The molecule has 20 heavy (non-hydrogen) atoms. The summed E-state index contributed by atoms with van der Waals surface area (Å²) >= 11 is 10.1. The average molecular weight is 314 g/mol. The lowest BCUT2D eigenvalue weighted by Gasteiger charge is -2.02. The van der Waals surface area contributed by atoms with Gasteiger partial charge < -0.3 is 9.73 Å². The normalized spacial score (nSPS) is 10.8. The molecule has 0 bridgehead atoms. The van der Waals surface area contributed by atoms with Crippen LogP contribution in [-0.2, 0) is 6.54 Å². The predicted octanol–water partition coefficient (Wildman–Crippen LogP) is 2.45. The van der Waals surface area contributed by atoms with Crippen molar-refractivity contribution in [1.82, 2.24) is 15.1 Å². The fourth-order valence-electron chi connectivity index (χ4n) is 1.82. The Morgan fingerprint density at radius 2 is 2.25 bits per heavy atom. The van der Waals surface area contributed by atoms with Crippen LogP contribution >= 0.6 is 24.2 Å². The van der Waals surface area contributed by atoms with E-state index in [0.717, 1.165) is 11.4 Å². The first-order chi connectivity index (χ1) is 9.52. The molecule has 2 aromatic rings. The molecule has 2 aromatic heterocycles. The molecule has 0 spiro atoms. The first kappa shape index (κ1) is 15.0. The van der Waals surface area contributed by atoms with Gasteiger partial charge in [0.1, 0.15) is 5.76 Å². The van der Waals surface area contributed by atoms with E-state index < -0.39 is 0 Å². The fourth-order valence-corrected chi connectivity index (χ4v) is 2.07. The summed E-state index contributed by atoms with van der Waals surface area (Å²) in [6.07, 6.45) is 0. The number of hydrogen-bond donors (Lipinski definition) is 2. The quantitative estimate of drug-likeness (QED) is 0.834. The van der Waals surface area contributed by atoms with Crippen molar-refractivity contribution in [1.29, 1.82) is 0 Å². The summed E-state index contributed by atoms with van der Waals surface area (Å²) in [5.74, 6) is 1.29. The van der Waals surface area contributed by atoms with E-state index in [9.17, 15) is 4.79 Å². The Kier molecular flexibility index (Phi) is 4.77. The third-order valence-electron chi connectivity index (χ3n) is 2.88. The van der Waals surface area contributed by atoms with E-state index in [0.29, 0.717) is 29.6 Å². The number of carbonyl (C=O) groups excluding carboxylic acids is 1. The molecule has 0 aliphatic carbocycles. The number of aromatic nitrogens is 2. The molecule has 0 fully saturated rings. The Hall–Kier alpha value is -1.40. The minimum Gasteiger partial charge on any atom is -0.454 e. The maximum Gasteiger partial charge on any atom is 0.287 e. The van der Waals surface area contributed by atoms with Gasteiger partial charge in [-0.25, -0.2) is 0 Å². The van der Waals surface area contributed by atoms with Gasteiger partial charge in [0.05, 0.1) is 23.0 Å². The van der Waals surface area contributed by atoms with Crippen molar-refractivity contribution >= 4 is 30.1 Å². The highest BCUT2D eigenvalue weighted by Gasteiger charge is 2.13. The maximum absolute atomic E-state index is 11.7. The molecule has 0 atom stereocenters. The van der Waals surface area contributed by atoms with Crippen LogP contribution in [0.2, 0.25) is 5.02 Å². The molecule has 1 amide bonds. The monoisotopic (exact) mass is 313 g/mol. The minimum atomic E-state index is -0.239. The Morgan fingerprint density at radius 1 is 1.50 bits per heavy atom. The highest BCUT2D eigenvalue weighted by molar-refractivity contribution is 7.80. The van der Waals surface area contributed by atoms with Gasteiger partial charge in [-0.15, -0.1) is 0 Å². The van der Waals surface area contributed by atoms with Crippen LogP contribution in [-0.4, -0.2) is 28.0 Å². The summed E-state index contributed by atoms with van der Waals surface area (Å²) in [5.41, 5.74) is 1.66. The number of aryl methyl sites for hydroxylation is 1. The molecule has 2 heterocycles. The van der Waals surface area contributed by atoms with Crippen LogP contribution in [0.1, 0.15) is 27.7 Å². The van der Waals surface area contributed by atoms with Crippen molar-refractivity contribution in [3.05, 3.63) is 40.1 Å². The number of furan rings is 1. The number of hydrogen-bond acceptors (Lipinski definition) is 4. The molecular formula is C13H16ClN3O2S. The van der Waals surface area contributed by atoms with E-state index in [4.69, 9.17) is 16.0 Å². The van der Waals surface area contributed by atoms with E-state index in [-0.39, 0.29) is 11.7 Å². The summed E-state index contributed by atoms with van der Waals surface area (Å²) in [6, 6.07) is 3.41. The third-order valence-corrected chi connectivity index (χ3v) is 3.65. The summed E-state index contributed by atoms with van der Waals surface area (Å²) in [5, 5.41) is 7.68. The zero-order valence-corrected chi connectivity index (χ0v) is 13.0. The van der Waals surface area contributed by atoms with Gasteiger partial charge in [-0.3, -0.25) is 9.48 Å². The van der Waals surface area contributed by atoms with Crippen molar-refractivity contribution in [2.75, 3.05) is 12.3 Å². The Labute approximate surface area is 127 Å². The molecule has 7 heteroatoms. The summed E-state index contributed by atoms with van der Waals surface area (Å²) in [6.45, 7) is 4.69. The van der Waals surface area contributed by atoms with Crippen LogP contribution in [0.5, 0.6) is 0 Å². The van der Waals surface area contributed by atoms with Gasteiger partial charge in [0.2, 0.25) is 0 Å². The number of nitrogens with one attached hydrogen (secondary N) is 1. The number of carbonyl (C=O) groups is 1. The standard InChI is InChI=1S/C13H16ClN3O2S/c1-8-12(14)9(2)17(16-8)7-10-3-4-11(19-10)13(18)15-5-6-20/h3-4,20H,5-7H2,1-2H3,(H,15,18). The molecule has 0 unspecified atom stereocenters. The van der Waals surface area contributed by atoms with Crippen molar-refractivity contribution in [2.24, 2.45) is 0 Å². The maximum atomic E-state index is 11.7. The summed E-state index contributed by atoms with van der Waals surface area (Å²) < 4.78 is 7.27. The third kappa shape index (κ3) is 3.19.